The highest BCUT2D eigenvalue weighted by Gasteiger charge is 2.07. The van der Waals surface area contributed by atoms with Gasteiger partial charge < -0.3 is 5.32 Å². The summed E-state index contributed by atoms with van der Waals surface area (Å²) < 4.78 is 26.1. The Morgan fingerprint density at radius 2 is 1.87 bits per heavy atom. The lowest BCUT2D eigenvalue weighted by Crippen LogP contribution is -2.04. The fraction of sp³-hybridized carbons (Fsp3) is 0.0625. The van der Waals surface area contributed by atoms with Crippen molar-refractivity contribution in [3.8, 4) is 11.5 Å². The van der Waals surface area contributed by atoms with E-state index in [1.54, 1.807) is 24.4 Å². The van der Waals surface area contributed by atoms with Gasteiger partial charge in [0.1, 0.15) is 16.7 Å². The molecule has 3 rings (SSSR count). The Kier molecular flexibility index (Phi) is 4.43. The molecule has 1 aromatic carbocycles. The zero-order valence-electron chi connectivity index (χ0n) is 11.8. The summed E-state index contributed by atoms with van der Waals surface area (Å²) >= 11 is 6.00. The van der Waals surface area contributed by atoms with E-state index < -0.39 is 11.6 Å². The molecule has 116 valence electrons. The monoisotopic (exact) mass is 332 g/mol. The van der Waals surface area contributed by atoms with Crippen LogP contribution in [0.1, 0.15) is 5.56 Å². The van der Waals surface area contributed by atoms with Gasteiger partial charge in [-0.05, 0) is 29.8 Å². The molecule has 0 bridgehead atoms. The van der Waals surface area contributed by atoms with Crippen LogP contribution in [-0.2, 0) is 6.54 Å². The predicted octanol–water partition coefficient (Wildman–Crippen LogP) is 4.08. The lowest BCUT2D eigenvalue weighted by molar-refractivity contribution is 0.507. The Labute approximate surface area is 136 Å². The summed E-state index contributed by atoms with van der Waals surface area (Å²) in [6.45, 7) is 0.270. The molecule has 2 aromatic heterocycles. The maximum atomic E-state index is 13.2. The first kappa shape index (κ1) is 15.3. The molecule has 0 saturated heterocycles. The number of nitrogens with zero attached hydrogens (tertiary/aromatic N) is 3. The Balaban J connectivity index is 1.80. The molecule has 0 atom stereocenters. The molecule has 0 aliphatic heterocycles. The van der Waals surface area contributed by atoms with Crippen LogP contribution in [0.4, 0.5) is 14.6 Å². The summed E-state index contributed by atoms with van der Waals surface area (Å²) in [6, 6.07) is 10.6. The fourth-order valence-corrected chi connectivity index (χ4v) is 2.14. The third kappa shape index (κ3) is 3.78. The van der Waals surface area contributed by atoms with E-state index in [-0.39, 0.29) is 11.7 Å². The second-order valence-electron chi connectivity index (χ2n) is 4.72. The number of pyridine rings is 1. The first-order valence-electron chi connectivity index (χ1n) is 6.75. The zero-order valence-corrected chi connectivity index (χ0v) is 12.6. The quantitative estimate of drug-likeness (QED) is 0.731. The second-order valence-corrected chi connectivity index (χ2v) is 5.10. The van der Waals surface area contributed by atoms with Crippen molar-refractivity contribution < 1.29 is 8.78 Å². The van der Waals surface area contributed by atoms with Crippen LogP contribution >= 0.6 is 11.6 Å². The van der Waals surface area contributed by atoms with Gasteiger partial charge in [-0.2, -0.15) is 0 Å². The van der Waals surface area contributed by atoms with Crippen molar-refractivity contribution >= 4 is 17.4 Å². The van der Waals surface area contributed by atoms with Crippen molar-refractivity contribution in [2.75, 3.05) is 5.32 Å². The van der Waals surface area contributed by atoms with Gasteiger partial charge in [-0.25, -0.2) is 18.7 Å². The van der Waals surface area contributed by atoms with Gasteiger partial charge in [0.05, 0.1) is 0 Å². The summed E-state index contributed by atoms with van der Waals surface area (Å²) in [5, 5.41) is 3.26. The maximum Gasteiger partial charge on any atom is 0.181 e. The van der Waals surface area contributed by atoms with Crippen LogP contribution in [0, 0.1) is 11.6 Å². The van der Waals surface area contributed by atoms with Crippen LogP contribution in [0.5, 0.6) is 0 Å². The Morgan fingerprint density at radius 3 is 2.61 bits per heavy atom. The minimum atomic E-state index is -0.890. The Morgan fingerprint density at radius 1 is 1.00 bits per heavy atom. The van der Waals surface area contributed by atoms with E-state index >= 15 is 0 Å². The highest BCUT2D eigenvalue weighted by molar-refractivity contribution is 6.29. The molecule has 0 radical (unpaired) electrons. The van der Waals surface area contributed by atoms with Gasteiger partial charge in [-0.15, -0.1) is 0 Å². The lowest BCUT2D eigenvalue weighted by Gasteiger charge is -2.08. The first-order chi connectivity index (χ1) is 11.1. The Bertz CT molecular complexity index is 828. The maximum absolute atomic E-state index is 13.2. The average Bonchev–Trinajstić information content (AvgIpc) is 2.56. The largest absolute Gasteiger partial charge is 0.366 e. The molecule has 0 fully saturated rings. The van der Waals surface area contributed by atoms with Crippen LogP contribution in [0.15, 0.2) is 48.7 Å². The number of halogens is 3. The van der Waals surface area contributed by atoms with E-state index in [9.17, 15) is 8.78 Å². The first-order valence-corrected chi connectivity index (χ1v) is 7.13. The number of rotatable bonds is 4. The molecule has 4 nitrogen and oxygen atoms in total. The highest BCUT2D eigenvalue weighted by Crippen LogP contribution is 2.19. The summed E-state index contributed by atoms with van der Waals surface area (Å²) in [4.78, 5) is 12.6. The van der Waals surface area contributed by atoms with Crippen molar-refractivity contribution in [3.63, 3.8) is 0 Å². The van der Waals surface area contributed by atoms with E-state index in [0.29, 0.717) is 22.9 Å². The molecular formula is C16H11ClF2N4. The normalized spacial score (nSPS) is 10.6. The topological polar surface area (TPSA) is 50.7 Å². The smallest absolute Gasteiger partial charge is 0.181 e. The van der Waals surface area contributed by atoms with Crippen molar-refractivity contribution in [2.45, 2.75) is 6.54 Å². The zero-order chi connectivity index (χ0) is 16.2. The number of hydrogen-bond acceptors (Lipinski definition) is 4. The van der Waals surface area contributed by atoms with Gasteiger partial charge in [-0.3, -0.25) is 4.98 Å². The van der Waals surface area contributed by atoms with Gasteiger partial charge in [0.2, 0.25) is 0 Å². The SMILES string of the molecule is Fc1ccc(CNc2cc(Cl)nc(-c3ccccn3)n2)cc1F. The lowest BCUT2D eigenvalue weighted by atomic mass is 10.2. The van der Waals surface area contributed by atoms with E-state index in [1.165, 1.54) is 6.07 Å². The van der Waals surface area contributed by atoms with E-state index in [2.05, 4.69) is 20.3 Å². The molecule has 0 saturated carbocycles. The average molecular weight is 333 g/mol. The minimum Gasteiger partial charge on any atom is -0.366 e. The van der Waals surface area contributed by atoms with E-state index in [0.717, 1.165) is 12.1 Å². The van der Waals surface area contributed by atoms with Gasteiger partial charge >= 0.3 is 0 Å². The van der Waals surface area contributed by atoms with Crippen molar-refractivity contribution in [1.29, 1.82) is 0 Å². The number of aromatic nitrogens is 3. The highest BCUT2D eigenvalue weighted by atomic mass is 35.5. The molecule has 2 heterocycles. The molecule has 7 heteroatoms. The van der Waals surface area contributed by atoms with E-state index in [4.69, 9.17) is 11.6 Å². The molecule has 23 heavy (non-hydrogen) atoms. The van der Waals surface area contributed by atoms with Gasteiger partial charge in [0.25, 0.3) is 0 Å². The molecule has 3 aromatic rings. The predicted molar refractivity (Wildman–Crippen MR) is 84.0 cm³/mol. The van der Waals surface area contributed by atoms with Crippen LogP contribution in [0.3, 0.4) is 0 Å². The summed E-state index contributed by atoms with van der Waals surface area (Å²) in [5.74, 6) is -0.920. The van der Waals surface area contributed by atoms with Crippen LogP contribution < -0.4 is 5.32 Å². The number of anilines is 1. The number of benzene rings is 1. The third-order valence-corrected chi connectivity index (χ3v) is 3.24. The summed E-state index contributed by atoms with van der Waals surface area (Å²) in [6.07, 6.45) is 1.63. The molecule has 0 spiro atoms. The summed E-state index contributed by atoms with van der Waals surface area (Å²) in [5.41, 5.74) is 1.17. The van der Waals surface area contributed by atoms with Gasteiger partial charge in [0.15, 0.2) is 17.5 Å². The minimum absolute atomic E-state index is 0.258. The third-order valence-electron chi connectivity index (χ3n) is 3.05. The van der Waals surface area contributed by atoms with Crippen LogP contribution in [-0.4, -0.2) is 15.0 Å². The van der Waals surface area contributed by atoms with Crippen LogP contribution in [0.2, 0.25) is 5.15 Å². The molecular weight excluding hydrogens is 322 g/mol. The van der Waals surface area contributed by atoms with Crippen molar-refractivity contribution in [1.82, 2.24) is 15.0 Å². The number of hydrogen-bond donors (Lipinski definition) is 1. The van der Waals surface area contributed by atoms with Crippen molar-refractivity contribution in [3.05, 3.63) is 71.0 Å². The molecule has 0 unspecified atom stereocenters. The van der Waals surface area contributed by atoms with Gasteiger partial charge in [-0.1, -0.05) is 23.7 Å². The van der Waals surface area contributed by atoms with Crippen molar-refractivity contribution in [2.24, 2.45) is 0 Å². The molecule has 1 N–H and O–H groups in total. The second kappa shape index (κ2) is 6.66. The van der Waals surface area contributed by atoms with E-state index in [1.807, 2.05) is 6.07 Å². The van der Waals surface area contributed by atoms with Gasteiger partial charge in [0, 0.05) is 18.8 Å². The number of nitrogens with one attached hydrogen (secondary N) is 1. The fourth-order valence-electron chi connectivity index (χ4n) is 1.96. The van der Waals surface area contributed by atoms with Crippen LogP contribution in [0.25, 0.3) is 11.5 Å². The summed E-state index contributed by atoms with van der Waals surface area (Å²) in [7, 11) is 0. The molecule has 0 aliphatic rings. The molecule has 0 aliphatic carbocycles. The molecule has 0 amide bonds. The standard InChI is InChI=1S/C16H11ClF2N4/c17-14-8-15(21-9-10-4-5-11(18)12(19)7-10)23-16(22-14)13-3-1-2-6-20-13/h1-8H,9H2,(H,21,22,23). The Hall–Kier alpha value is -2.60.